The average molecular weight is 204 g/mol. The molecule has 0 bridgehead atoms. The molecule has 0 aromatic carbocycles. The van der Waals surface area contributed by atoms with Crippen LogP contribution in [-0.4, -0.2) is 6.10 Å². The molecule has 1 aliphatic heterocycles. The fraction of sp³-hybridized carbons (Fsp3) is 0.714. The normalized spacial score (nSPS) is 47.9. The Kier molecular flexibility index (Phi) is 1.99. The van der Waals surface area contributed by atoms with E-state index in [1.54, 1.807) is 5.57 Å². The van der Waals surface area contributed by atoms with E-state index in [1.165, 1.54) is 25.7 Å². The van der Waals surface area contributed by atoms with Crippen LogP contribution in [0.4, 0.5) is 0 Å². The first-order chi connectivity index (χ1) is 7.20. The molecule has 0 N–H and O–H groups in total. The number of fused-ring (bicyclic) bond motifs is 2. The summed E-state index contributed by atoms with van der Waals surface area (Å²) in [7, 11) is 0. The van der Waals surface area contributed by atoms with Crippen LogP contribution in [0.3, 0.4) is 0 Å². The van der Waals surface area contributed by atoms with Crippen LogP contribution in [-0.2, 0) is 4.74 Å². The maximum atomic E-state index is 5.66. The van der Waals surface area contributed by atoms with Crippen molar-refractivity contribution in [1.29, 1.82) is 0 Å². The van der Waals surface area contributed by atoms with E-state index >= 15 is 0 Å². The molecule has 4 atom stereocenters. The molecule has 0 unspecified atom stereocenters. The highest BCUT2D eigenvalue weighted by atomic mass is 16.5. The van der Waals surface area contributed by atoms with Crippen LogP contribution in [0.25, 0.3) is 0 Å². The van der Waals surface area contributed by atoms with Gasteiger partial charge in [-0.05, 0) is 36.7 Å². The Morgan fingerprint density at radius 2 is 2.33 bits per heavy atom. The zero-order valence-corrected chi connectivity index (χ0v) is 9.70. The SMILES string of the molecule is C[C@@H]1CCC=C2C[C@@H]3OC=C[C@@H]3C[C@]21C. The summed E-state index contributed by atoms with van der Waals surface area (Å²) in [6, 6.07) is 0. The van der Waals surface area contributed by atoms with E-state index < -0.39 is 0 Å². The van der Waals surface area contributed by atoms with Gasteiger partial charge in [-0.2, -0.15) is 0 Å². The van der Waals surface area contributed by atoms with Gasteiger partial charge in [-0.3, -0.25) is 0 Å². The van der Waals surface area contributed by atoms with E-state index in [2.05, 4.69) is 26.0 Å². The summed E-state index contributed by atoms with van der Waals surface area (Å²) in [6.45, 7) is 4.89. The predicted octanol–water partition coefficient (Wildman–Crippen LogP) is 3.67. The summed E-state index contributed by atoms with van der Waals surface area (Å²) in [5.41, 5.74) is 2.13. The lowest BCUT2D eigenvalue weighted by Crippen LogP contribution is -2.40. The van der Waals surface area contributed by atoms with Gasteiger partial charge in [0, 0.05) is 12.3 Å². The minimum atomic E-state index is 0.453. The first-order valence-corrected chi connectivity index (χ1v) is 6.22. The summed E-state index contributed by atoms with van der Waals surface area (Å²) in [4.78, 5) is 0. The lowest BCUT2D eigenvalue weighted by atomic mass is 9.58. The largest absolute Gasteiger partial charge is 0.497 e. The van der Waals surface area contributed by atoms with Gasteiger partial charge < -0.3 is 4.74 Å². The number of rotatable bonds is 0. The summed E-state index contributed by atoms with van der Waals surface area (Å²) in [5.74, 6) is 1.51. The van der Waals surface area contributed by atoms with Crippen molar-refractivity contribution in [2.24, 2.45) is 17.3 Å². The molecule has 0 amide bonds. The van der Waals surface area contributed by atoms with Gasteiger partial charge in [-0.25, -0.2) is 0 Å². The van der Waals surface area contributed by atoms with Crippen LogP contribution in [0, 0.1) is 17.3 Å². The Morgan fingerprint density at radius 3 is 3.20 bits per heavy atom. The maximum absolute atomic E-state index is 5.66. The van der Waals surface area contributed by atoms with Gasteiger partial charge in [0.2, 0.25) is 0 Å². The van der Waals surface area contributed by atoms with Crippen molar-refractivity contribution in [3.05, 3.63) is 24.0 Å². The molecule has 0 spiro atoms. The number of allylic oxidation sites excluding steroid dienone is 1. The zero-order chi connectivity index (χ0) is 10.5. The van der Waals surface area contributed by atoms with Crippen LogP contribution < -0.4 is 0 Å². The van der Waals surface area contributed by atoms with Gasteiger partial charge in [0.05, 0.1) is 6.26 Å². The smallest absolute Gasteiger partial charge is 0.108 e. The molecule has 1 nitrogen and oxygen atoms in total. The summed E-state index contributed by atoms with van der Waals surface area (Å²) < 4.78 is 5.66. The monoisotopic (exact) mass is 204 g/mol. The van der Waals surface area contributed by atoms with Gasteiger partial charge >= 0.3 is 0 Å². The molecular weight excluding hydrogens is 184 g/mol. The molecule has 0 aromatic rings. The van der Waals surface area contributed by atoms with Gasteiger partial charge in [0.15, 0.2) is 0 Å². The second-order valence-corrected chi connectivity index (χ2v) is 5.70. The highest BCUT2D eigenvalue weighted by Crippen LogP contribution is 2.53. The van der Waals surface area contributed by atoms with Crippen molar-refractivity contribution >= 4 is 0 Å². The fourth-order valence-electron chi connectivity index (χ4n) is 3.60. The maximum Gasteiger partial charge on any atom is 0.108 e. The Balaban J connectivity index is 1.94. The van der Waals surface area contributed by atoms with Crippen LogP contribution in [0.2, 0.25) is 0 Å². The number of hydrogen-bond acceptors (Lipinski definition) is 1. The van der Waals surface area contributed by atoms with E-state index in [0.717, 1.165) is 5.92 Å². The summed E-state index contributed by atoms with van der Waals surface area (Å²) in [6.07, 6.45) is 12.2. The fourth-order valence-corrected chi connectivity index (χ4v) is 3.60. The van der Waals surface area contributed by atoms with Crippen molar-refractivity contribution < 1.29 is 4.74 Å². The van der Waals surface area contributed by atoms with Crippen molar-refractivity contribution in [3.63, 3.8) is 0 Å². The van der Waals surface area contributed by atoms with Gasteiger partial charge in [0.25, 0.3) is 0 Å². The standard InChI is InChI=1S/C14H20O/c1-10-4-3-5-12-8-13-11(6-7-15-13)9-14(10,12)2/h5-7,10-11,13H,3-4,8-9H2,1-2H3/t10-,11-,13+,14+/m1/s1. The molecule has 1 saturated carbocycles. The van der Waals surface area contributed by atoms with E-state index in [1.807, 2.05) is 6.26 Å². The average Bonchev–Trinajstić information content (AvgIpc) is 2.63. The number of ether oxygens (including phenoxy) is 1. The topological polar surface area (TPSA) is 9.23 Å². The number of hydrogen-bond donors (Lipinski definition) is 0. The molecule has 0 aromatic heterocycles. The van der Waals surface area contributed by atoms with E-state index in [0.29, 0.717) is 17.4 Å². The van der Waals surface area contributed by atoms with E-state index in [4.69, 9.17) is 4.74 Å². The highest BCUT2D eigenvalue weighted by molar-refractivity contribution is 5.25. The van der Waals surface area contributed by atoms with Crippen LogP contribution >= 0.6 is 0 Å². The van der Waals surface area contributed by atoms with Gasteiger partial charge in [-0.15, -0.1) is 0 Å². The second kappa shape index (κ2) is 3.13. The first-order valence-electron chi connectivity index (χ1n) is 6.22. The minimum absolute atomic E-state index is 0.453. The van der Waals surface area contributed by atoms with Crippen LogP contribution in [0.15, 0.2) is 24.0 Å². The molecule has 82 valence electrons. The predicted molar refractivity (Wildman–Crippen MR) is 61.3 cm³/mol. The summed E-state index contributed by atoms with van der Waals surface area (Å²) >= 11 is 0. The lowest BCUT2D eigenvalue weighted by molar-refractivity contribution is 0.0553. The quantitative estimate of drug-likeness (QED) is 0.547. The third-order valence-electron chi connectivity index (χ3n) is 4.95. The molecule has 3 aliphatic rings. The van der Waals surface area contributed by atoms with Gasteiger partial charge in [0.1, 0.15) is 6.10 Å². The van der Waals surface area contributed by atoms with E-state index in [-0.39, 0.29) is 0 Å². The van der Waals surface area contributed by atoms with Crippen LogP contribution in [0.5, 0.6) is 0 Å². The van der Waals surface area contributed by atoms with Crippen molar-refractivity contribution in [3.8, 4) is 0 Å². The Bertz CT molecular complexity index is 328. The molecular formula is C14H20O. The molecule has 0 saturated heterocycles. The third-order valence-corrected chi connectivity index (χ3v) is 4.95. The molecule has 1 fully saturated rings. The Hall–Kier alpha value is -0.720. The second-order valence-electron chi connectivity index (χ2n) is 5.70. The Labute approximate surface area is 92.2 Å². The zero-order valence-electron chi connectivity index (χ0n) is 9.70. The first kappa shape index (κ1) is 9.50. The van der Waals surface area contributed by atoms with Gasteiger partial charge in [-0.1, -0.05) is 25.5 Å². The van der Waals surface area contributed by atoms with Crippen molar-refractivity contribution in [2.45, 2.75) is 45.6 Å². The molecule has 1 heterocycles. The third kappa shape index (κ3) is 1.28. The van der Waals surface area contributed by atoms with Crippen molar-refractivity contribution in [2.75, 3.05) is 0 Å². The molecule has 0 radical (unpaired) electrons. The Morgan fingerprint density at radius 1 is 1.47 bits per heavy atom. The summed E-state index contributed by atoms with van der Waals surface area (Å²) in [5, 5.41) is 0. The molecule has 15 heavy (non-hydrogen) atoms. The molecule has 1 heteroatoms. The van der Waals surface area contributed by atoms with E-state index in [9.17, 15) is 0 Å². The highest BCUT2D eigenvalue weighted by Gasteiger charge is 2.46. The lowest BCUT2D eigenvalue weighted by Gasteiger charge is -2.47. The van der Waals surface area contributed by atoms with Crippen molar-refractivity contribution in [1.82, 2.24) is 0 Å². The minimum Gasteiger partial charge on any atom is -0.497 e. The molecule has 2 aliphatic carbocycles. The molecule has 3 rings (SSSR count). The van der Waals surface area contributed by atoms with Crippen LogP contribution in [0.1, 0.15) is 39.5 Å².